The van der Waals surface area contributed by atoms with E-state index in [1.165, 1.54) is 61.9 Å². The first-order valence-electron chi connectivity index (χ1n) is 7.77. The maximum Gasteiger partial charge on any atom is 0.0934 e. The lowest BCUT2D eigenvalue weighted by atomic mass is 9.81. The first kappa shape index (κ1) is 13.9. The lowest BCUT2D eigenvalue weighted by Gasteiger charge is -2.29. The average molecular weight is 298 g/mol. The van der Waals surface area contributed by atoms with Crippen molar-refractivity contribution in [1.82, 2.24) is 5.32 Å². The summed E-state index contributed by atoms with van der Waals surface area (Å²) in [5.41, 5.74) is 1.48. The van der Waals surface area contributed by atoms with E-state index in [2.05, 4.69) is 18.3 Å². The molecule has 3 rings (SSSR count). The van der Waals surface area contributed by atoms with E-state index in [-0.39, 0.29) is 0 Å². The van der Waals surface area contributed by atoms with Crippen LogP contribution in [0.25, 0.3) is 0 Å². The van der Waals surface area contributed by atoms with Crippen molar-refractivity contribution < 1.29 is 0 Å². The summed E-state index contributed by atoms with van der Waals surface area (Å²) >= 11 is 7.89. The van der Waals surface area contributed by atoms with E-state index >= 15 is 0 Å². The van der Waals surface area contributed by atoms with Crippen molar-refractivity contribution in [2.75, 3.05) is 6.54 Å². The van der Waals surface area contributed by atoms with Gasteiger partial charge >= 0.3 is 0 Å². The minimum Gasteiger partial charge on any atom is -0.310 e. The molecule has 2 aliphatic carbocycles. The molecule has 0 saturated heterocycles. The maximum absolute atomic E-state index is 6.12. The SMILES string of the molecule is CCC1CCC(CNC2CCc3sc(Cl)cc32)CC1. The Morgan fingerprint density at radius 3 is 2.68 bits per heavy atom. The third-order valence-electron chi connectivity index (χ3n) is 5.04. The monoisotopic (exact) mass is 297 g/mol. The molecule has 1 saturated carbocycles. The van der Waals surface area contributed by atoms with Crippen molar-refractivity contribution in [3.05, 3.63) is 20.8 Å². The minimum atomic E-state index is 0.572. The van der Waals surface area contributed by atoms with E-state index in [1.807, 2.05) is 0 Å². The smallest absolute Gasteiger partial charge is 0.0934 e. The van der Waals surface area contributed by atoms with Crippen LogP contribution >= 0.6 is 22.9 Å². The number of thiophene rings is 1. The van der Waals surface area contributed by atoms with E-state index in [9.17, 15) is 0 Å². The molecule has 1 aromatic heterocycles. The molecule has 1 heterocycles. The fourth-order valence-electron chi connectivity index (χ4n) is 3.69. The topological polar surface area (TPSA) is 12.0 Å². The van der Waals surface area contributed by atoms with Crippen LogP contribution in [0.4, 0.5) is 0 Å². The number of rotatable bonds is 4. The molecule has 106 valence electrons. The number of aryl methyl sites for hydroxylation is 1. The highest BCUT2D eigenvalue weighted by atomic mass is 35.5. The Hall–Kier alpha value is -0.0500. The lowest BCUT2D eigenvalue weighted by molar-refractivity contribution is 0.256. The predicted molar refractivity (Wildman–Crippen MR) is 84.1 cm³/mol. The summed E-state index contributed by atoms with van der Waals surface area (Å²) in [6, 6.07) is 2.75. The highest BCUT2D eigenvalue weighted by Gasteiger charge is 2.26. The van der Waals surface area contributed by atoms with Crippen LogP contribution in [-0.4, -0.2) is 6.54 Å². The fraction of sp³-hybridized carbons (Fsp3) is 0.750. The Labute approximate surface area is 125 Å². The number of hydrogen-bond acceptors (Lipinski definition) is 2. The number of halogens is 1. The highest BCUT2D eigenvalue weighted by molar-refractivity contribution is 7.16. The van der Waals surface area contributed by atoms with Crippen molar-refractivity contribution in [2.45, 2.75) is 57.9 Å². The molecule has 1 atom stereocenters. The van der Waals surface area contributed by atoms with Gasteiger partial charge in [0.25, 0.3) is 0 Å². The first-order valence-corrected chi connectivity index (χ1v) is 8.97. The quantitative estimate of drug-likeness (QED) is 0.806. The second kappa shape index (κ2) is 6.15. The Kier molecular flexibility index (Phi) is 4.51. The van der Waals surface area contributed by atoms with Crippen LogP contribution < -0.4 is 5.32 Å². The van der Waals surface area contributed by atoms with Crippen LogP contribution in [-0.2, 0) is 6.42 Å². The molecule has 0 amide bonds. The summed E-state index contributed by atoms with van der Waals surface area (Å²) in [4.78, 5) is 1.51. The molecule has 0 radical (unpaired) electrons. The van der Waals surface area contributed by atoms with E-state index in [1.54, 1.807) is 11.3 Å². The summed E-state index contributed by atoms with van der Waals surface area (Å²) < 4.78 is 0.958. The third kappa shape index (κ3) is 3.17. The molecule has 19 heavy (non-hydrogen) atoms. The highest BCUT2D eigenvalue weighted by Crippen LogP contribution is 2.39. The average Bonchev–Trinajstić information content (AvgIpc) is 2.96. The second-order valence-corrected chi connectivity index (χ2v) is 7.99. The van der Waals surface area contributed by atoms with Crippen LogP contribution in [0, 0.1) is 11.8 Å². The second-order valence-electron chi connectivity index (χ2n) is 6.22. The van der Waals surface area contributed by atoms with Crippen molar-refractivity contribution in [1.29, 1.82) is 0 Å². The van der Waals surface area contributed by atoms with Crippen molar-refractivity contribution in [3.8, 4) is 0 Å². The number of nitrogens with one attached hydrogen (secondary N) is 1. The molecule has 0 aliphatic heterocycles. The van der Waals surface area contributed by atoms with Crippen LogP contribution in [0.15, 0.2) is 6.07 Å². The van der Waals surface area contributed by atoms with E-state index in [0.717, 1.165) is 16.2 Å². The van der Waals surface area contributed by atoms with Crippen molar-refractivity contribution in [2.24, 2.45) is 11.8 Å². The first-order chi connectivity index (χ1) is 9.26. The molecule has 0 bridgehead atoms. The molecule has 1 unspecified atom stereocenters. The zero-order valence-electron chi connectivity index (χ0n) is 11.8. The summed E-state index contributed by atoms with van der Waals surface area (Å²) in [5.74, 6) is 1.91. The zero-order chi connectivity index (χ0) is 13.2. The van der Waals surface area contributed by atoms with Gasteiger partial charge in [0.15, 0.2) is 0 Å². The zero-order valence-corrected chi connectivity index (χ0v) is 13.3. The predicted octanol–water partition coefficient (Wildman–Crippen LogP) is 5.19. The molecule has 0 aromatic carbocycles. The molecule has 1 aromatic rings. The van der Waals surface area contributed by atoms with Crippen LogP contribution in [0.3, 0.4) is 0 Å². The molecule has 1 nitrogen and oxygen atoms in total. The molecular formula is C16H24ClNS. The van der Waals surface area contributed by atoms with Crippen LogP contribution in [0.5, 0.6) is 0 Å². The maximum atomic E-state index is 6.12. The molecule has 1 fully saturated rings. The molecule has 0 spiro atoms. The van der Waals surface area contributed by atoms with Gasteiger partial charge in [0, 0.05) is 10.9 Å². The van der Waals surface area contributed by atoms with Gasteiger partial charge in [0.05, 0.1) is 4.34 Å². The largest absolute Gasteiger partial charge is 0.310 e. The van der Waals surface area contributed by atoms with Gasteiger partial charge in [0.1, 0.15) is 0 Å². The third-order valence-corrected chi connectivity index (χ3v) is 6.38. The van der Waals surface area contributed by atoms with Gasteiger partial charge in [-0.2, -0.15) is 0 Å². The lowest BCUT2D eigenvalue weighted by Crippen LogP contribution is -2.28. The van der Waals surface area contributed by atoms with Crippen molar-refractivity contribution >= 4 is 22.9 Å². The molecular weight excluding hydrogens is 274 g/mol. The summed E-state index contributed by atoms with van der Waals surface area (Å²) in [7, 11) is 0. The minimum absolute atomic E-state index is 0.572. The van der Waals surface area contributed by atoms with E-state index < -0.39 is 0 Å². The molecule has 2 aliphatic rings. The summed E-state index contributed by atoms with van der Waals surface area (Å²) in [6.07, 6.45) is 9.60. The Morgan fingerprint density at radius 2 is 1.95 bits per heavy atom. The Balaban J connectivity index is 1.48. The molecule has 3 heteroatoms. The molecule has 1 N–H and O–H groups in total. The van der Waals surface area contributed by atoms with E-state index in [4.69, 9.17) is 11.6 Å². The fourth-order valence-corrected chi connectivity index (χ4v) is 5.05. The van der Waals surface area contributed by atoms with E-state index in [0.29, 0.717) is 6.04 Å². The van der Waals surface area contributed by atoms with Gasteiger partial charge in [-0.25, -0.2) is 0 Å². The normalized spacial score (nSPS) is 30.5. The summed E-state index contributed by atoms with van der Waals surface area (Å²) in [5, 5.41) is 3.80. The van der Waals surface area contributed by atoms with Gasteiger partial charge in [0.2, 0.25) is 0 Å². The number of hydrogen-bond donors (Lipinski definition) is 1. The summed E-state index contributed by atoms with van der Waals surface area (Å²) in [6.45, 7) is 3.54. The Morgan fingerprint density at radius 1 is 1.21 bits per heavy atom. The van der Waals surface area contributed by atoms with Gasteiger partial charge in [-0.1, -0.05) is 37.8 Å². The van der Waals surface area contributed by atoms with Gasteiger partial charge in [-0.05, 0) is 55.7 Å². The number of fused-ring (bicyclic) bond motifs is 1. The Bertz CT molecular complexity index is 420. The van der Waals surface area contributed by atoms with Crippen molar-refractivity contribution in [3.63, 3.8) is 0 Å². The van der Waals surface area contributed by atoms with Crippen LogP contribution in [0.2, 0.25) is 4.34 Å². The standard InChI is InChI=1S/C16H24ClNS/c1-2-11-3-5-12(6-4-11)10-18-14-7-8-15-13(14)9-16(17)19-15/h9,11-12,14,18H,2-8,10H2,1H3. The van der Waals surface area contributed by atoms with Gasteiger partial charge in [-0.3, -0.25) is 0 Å². The van der Waals surface area contributed by atoms with Crippen LogP contribution in [0.1, 0.15) is 61.9 Å². The van der Waals surface area contributed by atoms with Gasteiger partial charge in [-0.15, -0.1) is 11.3 Å². The van der Waals surface area contributed by atoms with Gasteiger partial charge < -0.3 is 5.32 Å².